The third kappa shape index (κ3) is 3.90. The van der Waals surface area contributed by atoms with Crippen molar-refractivity contribution in [3.63, 3.8) is 0 Å². The Morgan fingerprint density at radius 3 is 2.93 bits per heavy atom. The van der Waals surface area contributed by atoms with E-state index in [1.165, 1.54) is 6.20 Å². The number of benzene rings is 1. The number of ether oxygens (including phenoxy) is 1. The maximum absolute atomic E-state index is 12.8. The van der Waals surface area contributed by atoms with E-state index in [0.29, 0.717) is 28.4 Å². The first-order valence-electron chi connectivity index (χ1n) is 9.38. The quantitative estimate of drug-likeness (QED) is 0.491. The van der Waals surface area contributed by atoms with Gasteiger partial charge in [-0.05, 0) is 37.6 Å². The number of fused-ring (bicyclic) bond motifs is 1. The van der Waals surface area contributed by atoms with Crippen LogP contribution in [0.2, 0.25) is 0 Å². The van der Waals surface area contributed by atoms with Gasteiger partial charge in [0.1, 0.15) is 17.8 Å². The monoisotopic (exact) mass is 405 g/mol. The molecule has 1 N–H and O–H groups in total. The van der Waals surface area contributed by atoms with Crippen molar-refractivity contribution in [2.75, 3.05) is 11.9 Å². The Morgan fingerprint density at radius 1 is 1.23 bits per heavy atom. The van der Waals surface area contributed by atoms with Gasteiger partial charge in [-0.25, -0.2) is 4.98 Å². The molecule has 0 unspecified atom stereocenters. The van der Waals surface area contributed by atoms with Crippen LogP contribution in [0.25, 0.3) is 17.0 Å². The van der Waals surface area contributed by atoms with Gasteiger partial charge in [0.05, 0.1) is 12.8 Å². The van der Waals surface area contributed by atoms with Crippen molar-refractivity contribution >= 4 is 23.2 Å². The maximum atomic E-state index is 12.8. The largest absolute Gasteiger partial charge is 0.466 e. The molecule has 0 bridgehead atoms. The number of esters is 1. The summed E-state index contributed by atoms with van der Waals surface area (Å²) in [5, 5.41) is 6.83. The molecule has 1 amide bonds. The molecule has 3 aromatic heterocycles. The number of rotatable bonds is 6. The van der Waals surface area contributed by atoms with Crippen LogP contribution in [0.5, 0.6) is 0 Å². The molecule has 0 saturated heterocycles. The SMILES string of the molecule is CCOC(=O)Cc1nc(-c2ccc(C)c(NC(=O)c3cnc4ccccn34)c2)no1. The smallest absolute Gasteiger partial charge is 0.315 e. The van der Waals surface area contributed by atoms with E-state index < -0.39 is 5.97 Å². The van der Waals surface area contributed by atoms with Crippen molar-refractivity contribution in [3.8, 4) is 11.4 Å². The second kappa shape index (κ2) is 8.16. The van der Waals surface area contributed by atoms with Gasteiger partial charge < -0.3 is 14.6 Å². The van der Waals surface area contributed by atoms with Gasteiger partial charge in [0.2, 0.25) is 11.7 Å². The summed E-state index contributed by atoms with van der Waals surface area (Å²) in [6.07, 6.45) is 3.22. The molecule has 30 heavy (non-hydrogen) atoms. The summed E-state index contributed by atoms with van der Waals surface area (Å²) in [7, 11) is 0. The fraction of sp³-hybridized carbons (Fsp3) is 0.190. The standard InChI is InChI=1S/C21H19N5O4/c1-3-29-19(27)11-18-24-20(25-30-18)14-8-7-13(2)15(10-14)23-21(28)16-12-22-17-6-4-5-9-26(16)17/h4-10,12H,3,11H2,1-2H3,(H,23,28). The number of carbonyl (C=O) groups excluding carboxylic acids is 2. The van der Waals surface area contributed by atoms with E-state index in [-0.39, 0.29) is 24.8 Å². The van der Waals surface area contributed by atoms with Crippen molar-refractivity contribution in [2.45, 2.75) is 20.3 Å². The number of pyridine rings is 1. The molecule has 0 spiro atoms. The number of amides is 1. The van der Waals surface area contributed by atoms with Crippen molar-refractivity contribution in [3.05, 3.63) is 65.9 Å². The molecule has 9 heteroatoms. The van der Waals surface area contributed by atoms with Crippen LogP contribution in [0, 0.1) is 6.92 Å². The first-order chi connectivity index (χ1) is 14.5. The molecule has 0 aliphatic carbocycles. The van der Waals surface area contributed by atoms with Gasteiger partial charge in [-0.1, -0.05) is 23.4 Å². The molecule has 0 radical (unpaired) electrons. The highest BCUT2D eigenvalue weighted by Gasteiger charge is 2.16. The average molecular weight is 405 g/mol. The number of hydrogen-bond donors (Lipinski definition) is 1. The van der Waals surface area contributed by atoms with Crippen LogP contribution in [-0.2, 0) is 16.0 Å². The number of aryl methyl sites for hydroxylation is 1. The highest BCUT2D eigenvalue weighted by atomic mass is 16.5. The summed E-state index contributed by atoms with van der Waals surface area (Å²) in [6, 6.07) is 10.9. The maximum Gasteiger partial charge on any atom is 0.315 e. The average Bonchev–Trinajstić information content (AvgIpc) is 3.37. The zero-order valence-corrected chi connectivity index (χ0v) is 16.5. The predicted molar refractivity (Wildman–Crippen MR) is 108 cm³/mol. The topological polar surface area (TPSA) is 112 Å². The highest BCUT2D eigenvalue weighted by Crippen LogP contribution is 2.24. The van der Waals surface area contributed by atoms with Crippen LogP contribution in [0.1, 0.15) is 28.9 Å². The highest BCUT2D eigenvalue weighted by molar-refractivity contribution is 6.04. The van der Waals surface area contributed by atoms with Crippen LogP contribution in [0.3, 0.4) is 0 Å². The Morgan fingerprint density at radius 2 is 2.10 bits per heavy atom. The number of carbonyl (C=O) groups is 2. The summed E-state index contributed by atoms with van der Waals surface area (Å²) in [5.74, 6) is -0.234. The Balaban J connectivity index is 1.56. The molecule has 0 saturated carbocycles. The van der Waals surface area contributed by atoms with E-state index in [2.05, 4.69) is 20.4 Å². The number of hydrogen-bond acceptors (Lipinski definition) is 7. The third-order valence-electron chi connectivity index (χ3n) is 4.46. The van der Waals surface area contributed by atoms with Gasteiger partial charge >= 0.3 is 5.97 Å². The van der Waals surface area contributed by atoms with Crippen molar-refractivity contribution in [1.82, 2.24) is 19.5 Å². The number of anilines is 1. The summed E-state index contributed by atoms with van der Waals surface area (Å²) in [6.45, 7) is 3.90. The number of imidazole rings is 1. The minimum absolute atomic E-state index is 0.0927. The van der Waals surface area contributed by atoms with E-state index >= 15 is 0 Å². The summed E-state index contributed by atoms with van der Waals surface area (Å²) < 4.78 is 11.7. The Bertz CT molecular complexity index is 1230. The molecule has 9 nitrogen and oxygen atoms in total. The minimum Gasteiger partial charge on any atom is -0.466 e. The van der Waals surface area contributed by atoms with E-state index in [1.807, 2.05) is 37.3 Å². The van der Waals surface area contributed by atoms with Gasteiger partial charge in [-0.2, -0.15) is 4.98 Å². The second-order valence-electron chi connectivity index (χ2n) is 6.55. The summed E-state index contributed by atoms with van der Waals surface area (Å²) in [4.78, 5) is 32.9. The molecule has 152 valence electrons. The lowest BCUT2D eigenvalue weighted by molar-refractivity contribution is -0.142. The number of aromatic nitrogens is 4. The first kappa shape index (κ1) is 19.3. The molecular weight excluding hydrogens is 386 g/mol. The van der Waals surface area contributed by atoms with Crippen molar-refractivity contribution < 1.29 is 18.8 Å². The second-order valence-corrected chi connectivity index (χ2v) is 6.55. The molecule has 4 aromatic rings. The van der Waals surface area contributed by atoms with Gasteiger partial charge in [-0.15, -0.1) is 0 Å². The molecule has 0 atom stereocenters. The fourth-order valence-electron chi connectivity index (χ4n) is 2.96. The summed E-state index contributed by atoms with van der Waals surface area (Å²) in [5.41, 5.74) is 3.24. The third-order valence-corrected chi connectivity index (χ3v) is 4.46. The molecule has 0 aliphatic heterocycles. The van der Waals surface area contributed by atoms with Crippen molar-refractivity contribution in [2.24, 2.45) is 0 Å². The van der Waals surface area contributed by atoms with Crippen LogP contribution in [0.15, 0.2) is 53.3 Å². The molecule has 0 aliphatic rings. The summed E-state index contributed by atoms with van der Waals surface area (Å²) >= 11 is 0. The lowest BCUT2D eigenvalue weighted by Crippen LogP contribution is -2.15. The lowest BCUT2D eigenvalue weighted by Gasteiger charge is -2.09. The normalized spacial score (nSPS) is 10.9. The fourth-order valence-corrected chi connectivity index (χ4v) is 2.96. The van der Waals surface area contributed by atoms with Gasteiger partial charge in [0, 0.05) is 17.4 Å². The number of nitrogens with zero attached hydrogens (tertiary/aromatic N) is 4. The predicted octanol–water partition coefficient (Wildman–Crippen LogP) is 3.05. The van der Waals surface area contributed by atoms with Crippen LogP contribution in [-0.4, -0.2) is 38.0 Å². The van der Waals surface area contributed by atoms with Crippen LogP contribution >= 0.6 is 0 Å². The molecule has 1 aromatic carbocycles. The molecular formula is C21H19N5O4. The van der Waals surface area contributed by atoms with E-state index in [0.717, 1.165) is 5.56 Å². The van der Waals surface area contributed by atoms with Crippen LogP contribution in [0.4, 0.5) is 5.69 Å². The molecule has 4 rings (SSSR count). The van der Waals surface area contributed by atoms with Crippen molar-refractivity contribution in [1.29, 1.82) is 0 Å². The first-order valence-corrected chi connectivity index (χ1v) is 9.38. The van der Waals surface area contributed by atoms with E-state index in [1.54, 1.807) is 23.6 Å². The van der Waals surface area contributed by atoms with Crippen LogP contribution < -0.4 is 5.32 Å². The molecule has 0 fully saturated rings. The Labute approximate surface area is 171 Å². The zero-order chi connectivity index (χ0) is 21.1. The number of nitrogens with one attached hydrogen (secondary N) is 1. The lowest BCUT2D eigenvalue weighted by atomic mass is 10.1. The van der Waals surface area contributed by atoms with Gasteiger partial charge in [0.25, 0.3) is 5.91 Å². The zero-order valence-electron chi connectivity index (χ0n) is 16.5. The minimum atomic E-state index is -0.433. The Hall–Kier alpha value is -4.01. The van der Waals surface area contributed by atoms with E-state index in [4.69, 9.17) is 9.26 Å². The van der Waals surface area contributed by atoms with E-state index in [9.17, 15) is 9.59 Å². The Kier molecular flexibility index (Phi) is 5.25. The van der Waals surface area contributed by atoms with Gasteiger partial charge in [-0.3, -0.25) is 14.0 Å². The molecule has 3 heterocycles. The van der Waals surface area contributed by atoms with Gasteiger partial charge in [0.15, 0.2) is 0 Å².